The van der Waals surface area contributed by atoms with Gasteiger partial charge >= 0.3 is 5.97 Å². The van der Waals surface area contributed by atoms with Crippen molar-refractivity contribution in [2.75, 3.05) is 18.4 Å². The fraction of sp³-hybridized carbons (Fsp3) is 0.240. The molecule has 0 amide bonds. The molecule has 4 rings (SSSR count). The largest absolute Gasteiger partial charge is 0.506 e. The first-order valence-electron chi connectivity index (χ1n) is 11.4. The normalized spacial score (nSPS) is 16.4. The number of halogens is 1. The molecule has 2 atom stereocenters. The van der Waals surface area contributed by atoms with Gasteiger partial charge in [-0.3, -0.25) is 5.32 Å². The maximum Gasteiger partial charge on any atom is 0.343 e. The van der Waals surface area contributed by atoms with Gasteiger partial charge in [0, 0.05) is 24.3 Å². The number of fused-ring (bicyclic) bond motifs is 1. The van der Waals surface area contributed by atoms with Crippen molar-refractivity contribution in [2.24, 2.45) is 0 Å². The molecule has 39 heavy (non-hydrogen) atoms. The number of carboxylic acids is 1. The summed E-state index contributed by atoms with van der Waals surface area (Å²) in [5.74, 6) is -12.5. The van der Waals surface area contributed by atoms with Crippen LogP contribution in [0.5, 0.6) is 40.2 Å². The first-order valence-corrected chi connectivity index (χ1v) is 11.8. The van der Waals surface area contributed by atoms with Gasteiger partial charge in [-0.1, -0.05) is 30.7 Å². The lowest BCUT2D eigenvalue weighted by atomic mass is 9.66. The molecule has 0 fully saturated rings. The maximum absolute atomic E-state index is 11.4. The maximum atomic E-state index is 11.4. The second-order valence-corrected chi connectivity index (χ2v) is 9.44. The number of carbonyl (C=O) groups is 1. The molecule has 0 heterocycles. The third-order valence-electron chi connectivity index (χ3n) is 6.74. The Hall–Kier alpha value is -4.30. The smallest absolute Gasteiger partial charge is 0.343 e. The second kappa shape index (κ2) is 9.78. The van der Waals surface area contributed by atoms with E-state index in [0.29, 0.717) is 5.69 Å². The Morgan fingerprint density at radius 1 is 0.872 bits per heavy atom. The number of phenolic OH excluding ortho intramolecular Hbond substituents is 5. The number of benzene rings is 3. The highest BCUT2D eigenvalue weighted by atomic mass is 35.5. The van der Waals surface area contributed by atoms with Gasteiger partial charge in [0.15, 0.2) is 23.0 Å². The lowest BCUT2D eigenvalue weighted by Gasteiger charge is -2.45. The van der Waals surface area contributed by atoms with E-state index in [9.17, 15) is 55.9 Å². The number of aromatic hydroxyl groups is 7. The summed E-state index contributed by atoms with van der Waals surface area (Å²) in [7, 11) is 0. The minimum Gasteiger partial charge on any atom is -0.506 e. The Balaban J connectivity index is 1.48. The van der Waals surface area contributed by atoms with Gasteiger partial charge in [0.1, 0.15) is 11.3 Å². The molecule has 2 unspecified atom stereocenters. The number of carboxylic acid groups (broad SMARTS) is 1. The summed E-state index contributed by atoms with van der Waals surface area (Å²) in [6.45, 7) is 1.64. The molecule has 0 spiro atoms. The molecule has 0 aromatic heterocycles. The van der Waals surface area contributed by atoms with Crippen LogP contribution in [0.3, 0.4) is 0 Å². The number of anilines is 1. The molecule has 0 saturated carbocycles. The monoisotopic (exact) mass is 564 g/mol. The molecule has 14 heteroatoms. The molecule has 3 aromatic carbocycles. The number of aromatic carboxylic acids is 1. The Kier molecular flexibility index (Phi) is 6.95. The molecular weight excluding hydrogens is 540 g/mol. The number of rotatable bonds is 8. The Labute approximate surface area is 225 Å². The van der Waals surface area contributed by atoms with Crippen LogP contribution in [0.2, 0.25) is 5.02 Å². The molecule has 3 aromatic rings. The minimum atomic E-state index is -2.55. The zero-order valence-corrected chi connectivity index (χ0v) is 20.9. The molecule has 1 aliphatic rings. The van der Waals surface area contributed by atoms with Crippen LogP contribution in [0.15, 0.2) is 24.3 Å². The summed E-state index contributed by atoms with van der Waals surface area (Å²) < 4.78 is 0. The van der Waals surface area contributed by atoms with E-state index in [1.54, 1.807) is 13.0 Å². The molecular formula is C25H25ClN2O11. The summed E-state index contributed by atoms with van der Waals surface area (Å²) in [4.78, 5) is 11.4. The van der Waals surface area contributed by atoms with Gasteiger partial charge in [0.2, 0.25) is 17.4 Å². The van der Waals surface area contributed by atoms with Crippen LogP contribution in [0.25, 0.3) is 11.1 Å². The predicted molar refractivity (Wildman–Crippen MR) is 137 cm³/mol. The number of aliphatic hydroxyl groups is 2. The quantitative estimate of drug-likeness (QED) is 0.0812. The molecule has 0 radical (unpaired) electrons. The van der Waals surface area contributed by atoms with E-state index < -0.39 is 75.1 Å². The predicted octanol–water partition coefficient (Wildman–Crippen LogP) is 2.19. The van der Waals surface area contributed by atoms with E-state index in [1.807, 2.05) is 0 Å². The van der Waals surface area contributed by atoms with Crippen LogP contribution in [0.1, 0.15) is 40.2 Å². The van der Waals surface area contributed by atoms with Crippen molar-refractivity contribution in [1.82, 2.24) is 5.32 Å². The van der Waals surface area contributed by atoms with E-state index in [4.69, 9.17) is 11.6 Å². The van der Waals surface area contributed by atoms with Gasteiger partial charge in [-0.15, -0.1) is 0 Å². The minimum absolute atomic E-state index is 0.0153. The summed E-state index contributed by atoms with van der Waals surface area (Å²) in [5, 5.41) is 106. The molecule has 0 aliphatic heterocycles. The van der Waals surface area contributed by atoms with Gasteiger partial charge in [0.05, 0.1) is 16.5 Å². The third-order valence-corrected chi connectivity index (χ3v) is 7.12. The van der Waals surface area contributed by atoms with Gasteiger partial charge in [-0.2, -0.15) is 0 Å². The van der Waals surface area contributed by atoms with E-state index in [0.717, 1.165) is 0 Å². The molecule has 0 saturated heterocycles. The number of hydrogen-bond acceptors (Lipinski definition) is 12. The van der Waals surface area contributed by atoms with Crippen LogP contribution < -0.4 is 10.6 Å². The van der Waals surface area contributed by atoms with Crippen LogP contribution in [-0.2, 0) is 0 Å². The first kappa shape index (κ1) is 27.7. The van der Waals surface area contributed by atoms with E-state index in [2.05, 4.69) is 10.6 Å². The van der Waals surface area contributed by atoms with Gasteiger partial charge < -0.3 is 56.4 Å². The summed E-state index contributed by atoms with van der Waals surface area (Å²) in [5.41, 5.74) is -0.678. The molecule has 0 bridgehead atoms. The van der Waals surface area contributed by atoms with E-state index in [-0.39, 0.29) is 34.8 Å². The first-order chi connectivity index (χ1) is 18.2. The molecule has 13 nitrogen and oxygen atoms in total. The number of hydrogen-bond donors (Lipinski definition) is 12. The Morgan fingerprint density at radius 2 is 1.51 bits per heavy atom. The molecule has 1 aliphatic carbocycles. The number of phenols is 7. The summed E-state index contributed by atoms with van der Waals surface area (Å²) in [6.07, 6.45) is 0. The van der Waals surface area contributed by atoms with Gasteiger partial charge in [-0.05, 0) is 29.2 Å². The standard InChI is InChI=1S/C25H25ClN2O11/c1-8-11-13(19(31)23(35)21(33)16(11)26)15(8)25(38,39)28-6-5-27-10-4-2-3-9(7-10)12-17(29)14(24(36)37)20(32)22(34)18(12)30/h2-4,7-8,15,27-35,38-39H,5-6H2,1H3,(H,36,37). The van der Waals surface area contributed by atoms with Crippen molar-refractivity contribution in [2.45, 2.75) is 24.7 Å². The second-order valence-electron chi connectivity index (χ2n) is 9.06. The Morgan fingerprint density at radius 3 is 2.15 bits per heavy atom. The van der Waals surface area contributed by atoms with Crippen LogP contribution >= 0.6 is 11.6 Å². The average molecular weight is 565 g/mol. The van der Waals surface area contributed by atoms with E-state index in [1.165, 1.54) is 18.2 Å². The third kappa shape index (κ3) is 4.40. The number of nitrogens with one attached hydrogen (secondary N) is 2. The lowest BCUT2D eigenvalue weighted by molar-refractivity contribution is -0.211. The van der Waals surface area contributed by atoms with Crippen molar-refractivity contribution in [3.05, 3.63) is 46.0 Å². The SMILES string of the molecule is CC1c2c(Cl)c(O)c(O)c(O)c2C1C(O)(O)NCCNc1cccc(-c2c(O)c(O)c(O)c(C(=O)O)c2O)c1. The summed E-state index contributed by atoms with van der Waals surface area (Å²) in [6, 6.07) is 5.90. The fourth-order valence-corrected chi connectivity index (χ4v) is 5.23. The van der Waals surface area contributed by atoms with Crippen molar-refractivity contribution in [1.29, 1.82) is 0 Å². The van der Waals surface area contributed by atoms with Crippen LogP contribution in [0.4, 0.5) is 5.69 Å². The van der Waals surface area contributed by atoms with Crippen LogP contribution in [0, 0.1) is 0 Å². The topological polar surface area (TPSA) is 243 Å². The fourth-order valence-electron chi connectivity index (χ4n) is 4.87. The zero-order valence-electron chi connectivity index (χ0n) is 20.1. The lowest BCUT2D eigenvalue weighted by Crippen LogP contribution is -2.55. The molecule has 12 N–H and O–H groups in total. The Bertz CT molecular complexity index is 1490. The highest BCUT2D eigenvalue weighted by Gasteiger charge is 2.52. The van der Waals surface area contributed by atoms with Gasteiger partial charge in [0.25, 0.3) is 0 Å². The van der Waals surface area contributed by atoms with Crippen LogP contribution in [-0.4, -0.2) is 76.0 Å². The van der Waals surface area contributed by atoms with Crippen molar-refractivity contribution in [3.63, 3.8) is 0 Å². The highest BCUT2D eigenvalue weighted by Crippen LogP contribution is 2.62. The van der Waals surface area contributed by atoms with Crippen molar-refractivity contribution >= 4 is 23.3 Å². The van der Waals surface area contributed by atoms with E-state index >= 15 is 0 Å². The van der Waals surface area contributed by atoms with Crippen molar-refractivity contribution in [3.8, 4) is 51.4 Å². The zero-order chi connectivity index (χ0) is 29.0. The summed E-state index contributed by atoms with van der Waals surface area (Å²) >= 11 is 6.03. The molecule has 208 valence electrons. The highest BCUT2D eigenvalue weighted by molar-refractivity contribution is 6.33. The average Bonchev–Trinajstić information content (AvgIpc) is 2.86. The van der Waals surface area contributed by atoms with Crippen molar-refractivity contribution < 1.29 is 55.9 Å². The van der Waals surface area contributed by atoms with Gasteiger partial charge in [-0.25, -0.2) is 4.79 Å².